The van der Waals surface area contributed by atoms with Gasteiger partial charge in [-0.05, 0) is 57.3 Å². The number of ether oxygens (including phenoxy) is 1. The summed E-state index contributed by atoms with van der Waals surface area (Å²) in [5.74, 6) is 1.08. The summed E-state index contributed by atoms with van der Waals surface area (Å²) in [6.07, 6.45) is 8.92. The van der Waals surface area contributed by atoms with Crippen LogP contribution in [0.1, 0.15) is 58.3 Å². The average molecular weight is 280 g/mol. The zero-order valence-electron chi connectivity index (χ0n) is 12.6. The van der Waals surface area contributed by atoms with Gasteiger partial charge in [-0.2, -0.15) is 0 Å². The maximum Gasteiger partial charge on any atom is 0.252 e. The number of nitrogens with two attached hydrogens (primary N) is 1. The Kier molecular flexibility index (Phi) is 4.32. The number of amides is 1. The molecule has 2 saturated carbocycles. The van der Waals surface area contributed by atoms with Gasteiger partial charge in [-0.15, -0.1) is 0 Å². The fourth-order valence-corrected chi connectivity index (χ4v) is 3.76. The fraction of sp³-hybridized carbons (Fsp3) is 0.938. The van der Waals surface area contributed by atoms with Crippen molar-refractivity contribution >= 4 is 5.91 Å². The van der Waals surface area contributed by atoms with Gasteiger partial charge in [0.2, 0.25) is 0 Å². The van der Waals surface area contributed by atoms with Gasteiger partial charge >= 0.3 is 0 Å². The van der Waals surface area contributed by atoms with Crippen LogP contribution in [0, 0.1) is 5.92 Å². The van der Waals surface area contributed by atoms with Crippen LogP contribution in [-0.2, 0) is 9.53 Å². The third kappa shape index (κ3) is 3.01. The van der Waals surface area contributed by atoms with Crippen LogP contribution < -0.4 is 5.73 Å². The van der Waals surface area contributed by atoms with E-state index in [4.69, 9.17) is 10.5 Å². The molecule has 3 rings (SSSR count). The molecule has 4 nitrogen and oxygen atoms in total. The molecular weight excluding hydrogens is 252 g/mol. The van der Waals surface area contributed by atoms with Crippen molar-refractivity contribution in [1.29, 1.82) is 0 Å². The van der Waals surface area contributed by atoms with E-state index in [1.807, 2.05) is 0 Å². The quantitative estimate of drug-likeness (QED) is 0.857. The molecule has 0 aromatic heterocycles. The number of hydrogen-bond acceptors (Lipinski definition) is 3. The van der Waals surface area contributed by atoms with Crippen LogP contribution in [-0.4, -0.2) is 41.6 Å². The summed E-state index contributed by atoms with van der Waals surface area (Å²) in [6.45, 7) is 2.86. The highest BCUT2D eigenvalue weighted by atomic mass is 16.5. The molecule has 2 atom stereocenters. The predicted octanol–water partition coefficient (Wildman–Crippen LogP) is 2.06. The van der Waals surface area contributed by atoms with E-state index in [2.05, 4.69) is 11.8 Å². The number of hydrogen-bond donors (Lipinski definition) is 1. The summed E-state index contributed by atoms with van der Waals surface area (Å²) >= 11 is 0. The molecule has 0 spiro atoms. The minimum atomic E-state index is -0.219. The maximum absolute atomic E-state index is 12.8. The molecule has 0 aromatic carbocycles. The van der Waals surface area contributed by atoms with Crippen LogP contribution in [0.15, 0.2) is 0 Å². The van der Waals surface area contributed by atoms with Crippen molar-refractivity contribution in [2.45, 2.75) is 82.6 Å². The molecule has 0 radical (unpaired) electrons. The lowest BCUT2D eigenvalue weighted by molar-refractivity contribution is -0.146. The van der Waals surface area contributed by atoms with Gasteiger partial charge in [-0.25, -0.2) is 0 Å². The Morgan fingerprint density at radius 3 is 2.15 bits per heavy atom. The summed E-state index contributed by atoms with van der Waals surface area (Å²) in [7, 11) is 0. The Balaban J connectivity index is 1.63. The van der Waals surface area contributed by atoms with Crippen LogP contribution >= 0.6 is 0 Å². The van der Waals surface area contributed by atoms with Gasteiger partial charge in [0.1, 0.15) is 6.10 Å². The van der Waals surface area contributed by atoms with Gasteiger partial charge in [0.05, 0.1) is 6.10 Å². The van der Waals surface area contributed by atoms with Crippen molar-refractivity contribution in [2.24, 2.45) is 11.7 Å². The highest BCUT2D eigenvalue weighted by Crippen LogP contribution is 2.37. The summed E-state index contributed by atoms with van der Waals surface area (Å²) < 4.78 is 5.83. The van der Waals surface area contributed by atoms with Crippen LogP contribution in [0.3, 0.4) is 0 Å². The maximum atomic E-state index is 12.8. The van der Waals surface area contributed by atoms with Crippen LogP contribution in [0.5, 0.6) is 0 Å². The molecular formula is C16H28N2O2. The van der Waals surface area contributed by atoms with Gasteiger partial charge in [0.25, 0.3) is 5.91 Å². The molecule has 2 N–H and O–H groups in total. The van der Waals surface area contributed by atoms with Crippen molar-refractivity contribution in [3.05, 3.63) is 0 Å². The Hall–Kier alpha value is -0.610. The minimum Gasteiger partial charge on any atom is -0.364 e. The van der Waals surface area contributed by atoms with E-state index >= 15 is 0 Å². The molecule has 0 aromatic rings. The first-order valence-corrected chi connectivity index (χ1v) is 8.36. The van der Waals surface area contributed by atoms with Crippen LogP contribution in [0.25, 0.3) is 0 Å². The van der Waals surface area contributed by atoms with Gasteiger partial charge in [-0.1, -0.05) is 6.92 Å². The van der Waals surface area contributed by atoms with Gasteiger partial charge < -0.3 is 15.4 Å². The molecule has 1 heterocycles. The first-order valence-electron chi connectivity index (χ1n) is 8.36. The van der Waals surface area contributed by atoms with Crippen molar-refractivity contribution in [3.8, 4) is 0 Å². The molecule has 1 amide bonds. The lowest BCUT2D eigenvalue weighted by atomic mass is 9.86. The summed E-state index contributed by atoms with van der Waals surface area (Å²) in [4.78, 5) is 15.0. The Labute approximate surface area is 122 Å². The highest BCUT2D eigenvalue weighted by molar-refractivity contribution is 5.82. The van der Waals surface area contributed by atoms with E-state index in [9.17, 15) is 4.79 Å². The van der Waals surface area contributed by atoms with Crippen LogP contribution in [0.2, 0.25) is 0 Å². The topological polar surface area (TPSA) is 55.6 Å². The van der Waals surface area contributed by atoms with Crippen molar-refractivity contribution in [3.63, 3.8) is 0 Å². The molecule has 0 bridgehead atoms. The standard InChI is InChI=1S/C16H28N2O2/c1-11-2-4-12(5-3-11)18(13-6-7-13)16(19)15-9-8-14(10-17)20-15/h11-15H,2-10,17H2,1H3/t11?,12?,14-,15+/m1/s1. The van der Waals surface area contributed by atoms with Crippen LogP contribution in [0.4, 0.5) is 0 Å². The van der Waals surface area contributed by atoms with Crippen molar-refractivity contribution in [2.75, 3.05) is 6.54 Å². The lowest BCUT2D eigenvalue weighted by Crippen LogP contribution is -2.48. The molecule has 1 saturated heterocycles. The number of rotatable bonds is 4. The molecule has 3 fully saturated rings. The lowest BCUT2D eigenvalue weighted by Gasteiger charge is -2.37. The second-order valence-electron chi connectivity index (χ2n) is 6.95. The Morgan fingerprint density at radius 1 is 1.05 bits per heavy atom. The second-order valence-corrected chi connectivity index (χ2v) is 6.95. The molecule has 1 aliphatic heterocycles. The largest absolute Gasteiger partial charge is 0.364 e. The Bertz CT molecular complexity index is 348. The van der Waals surface area contributed by atoms with E-state index in [0.717, 1.165) is 18.8 Å². The first kappa shape index (κ1) is 14.3. The third-order valence-corrected chi connectivity index (χ3v) is 5.22. The SMILES string of the molecule is CC1CCC(N(C(=O)[C@@H]2CC[C@H](CN)O2)C2CC2)CC1. The molecule has 20 heavy (non-hydrogen) atoms. The number of carbonyl (C=O) groups is 1. The fourth-order valence-electron chi connectivity index (χ4n) is 3.76. The summed E-state index contributed by atoms with van der Waals surface area (Å²) in [5, 5.41) is 0. The van der Waals surface area contributed by atoms with Crippen molar-refractivity contribution in [1.82, 2.24) is 4.90 Å². The minimum absolute atomic E-state index is 0.0939. The zero-order chi connectivity index (χ0) is 14.1. The molecule has 3 aliphatic rings. The second kappa shape index (κ2) is 6.02. The average Bonchev–Trinajstić information content (AvgIpc) is 3.17. The van der Waals surface area contributed by atoms with Gasteiger partial charge in [0, 0.05) is 18.6 Å². The Morgan fingerprint density at radius 2 is 1.65 bits per heavy atom. The van der Waals surface area contributed by atoms with Gasteiger partial charge in [-0.3, -0.25) is 4.79 Å². The third-order valence-electron chi connectivity index (χ3n) is 5.22. The molecule has 114 valence electrons. The monoisotopic (exact) mass is 280 g/mol. The number of carbonyl (C=O) groups excluding carboxylic acids is 1. The van der Waals surface area contributed by atoms with E-state index in [0.29, 0.717) is 18.6 Å². The molecule has 2 aliphatic carbocycles. The van der Waals surface area contributed by atoms with E-state index in [-0.39, 0.29) is 18.1 Å². The summed E-state index contributed by atoms with van der Waals surface area (Å²) in [5.41, 5.74) is 5.65. The first-order chi connectivity index (χ1) is 9.69. The normalized spacial score (nSPS) is 37.9. The predicted molar refractivity (Wildman–Crippen MR) is 78.2 cm³/mol. The molecule has 0 unspecified atom stereocenters. The summed E-state index contributed by atoms with van der Waals surface area (Å²) in [6, 6.07) is 0.966. The van der Waals surface area contributed by atoms with E-state index in [1.165, 1.54) is 38.5 Å². The highest BCUT2D eigenvalue weighted by Gasteiger charge is 2.42. The smallest absolute Gasteiger partial charge is 0.252 e. The zero-order valence-corrected chi connectivity index (χ0v) is 12.6. The van der Waals surface area contributed by atoms with Crippen molar-refractivity contribution < 1.29 is 9.53 Å². The molecule has 4 heteroatoms. The number of nitrogens with zero attached hydrogens (tertiary/aromatic N) is 1. The van der Waals surface area contributed by atoms with Gasteiger partial charge in [0.15, 0.2) is 0 Å². The van der Waals surface area contributed by atoms with E-state index in [1.54, 1.807) is 0 Å². The van der Waals surface area contributed by atoms with E-state index < -0.39 is 0 Å².